The van der Waals surface area contributed by atoms with Crippen LogP contribution in [0.1, 0.15) is 22.3 Å². The highest BCUT2D eigenvalue weighted by Crippen LogP contribution is 2.26. The van der Waals surface area contributed by atoms with E-state index in [9.17, 15) is 4.79 Å². The molecule has 2 N–H and O–H groups in total. The lowest BCUT2D eigenvalue weighted by Crippen LogP contribution is -2.35. The van der Waals surface area contributed by atoms with Crippen molar-refractivity contribution in [1.82, 2.24) is 14.9 Å². The van der Waals surface area contributed by atoms with E-state index in [0.29, 0.717) is 31.5 Å². The Hall–Kier alpha value is -2.83. The number of nitrogens with two attached hydrogens (primary N) is 1. The first-order valence-corrected chi connectivity index (χ1v) is 8.59. The second-order valence-electron chi connectivity index (χ2n) is 6.34. The molecule has 1 saturated heterocycles. The van der Waals surface area contributed by atoms with Crippen LogP contribution in [0, 0.1) is 0 Å². The Morgan fingerprint density at radius 3 is 2.96 bits per heavy atom. The molecular weight excluding hydrogens is 318 g/mol. The minimum atomic E-state index is 0.0741. The average molecular weight is 339 g/mol. The molecule has 0 bridgehead atoms. The maximum Gasteiger partial charge on any atom is 0.253 e. The monoisotopic (exact) mass is 339 g/mol. The molecule has 0 unspecified atom stereocenters. The zero-order valence-electron chi connectivity index (χ0n) is 14.0. The quantitative estimate of drug-likeness (QED) is 0.889. The molecular formula is C18H21N5O2. The van der Waals surface area contributed by atoms with Crippen molar-refractivity contribution in [3.05, 3.63) is 41.6 Å². The molecule has 2 aliphatic rings. The topological polar surface area (TPSA) is 84.6 Å². The molecule has 0 atom stereocenters. The molecule has 7 heteroatoms. The van der Waals surface area contributed by atoms with E-state index in [1.165, 1.54) is 0 Å². The van der Waals surface area contributed by atoms with E-state index in [1.807, 2.05) is 23.1 Å². The number of fused-ring (bicyclic) bond motifs is 1. The number of hydrogen-bond donors (Lipinski definition) is 1. The highest BCUT2D eigenvalue weighted by Gasteiger charge is 2.23. The van der Waals surface area contributed by atoms with Crippen LogP contribution in [0.3, 0.4) is 0 Å². The van der Waals surface area contributed by atoms with Crippen molar-refractivity contribution >= 4 is 17.7 Å². The van der Waals surface area contributed by atoms with Gasteiger partial charge in [-0.25, -0.2) is 4.98 Å². The lowest BCUT2D eigenvalue weighted by molar-refractivity contribution is 0.0767. The smallest absolute Gasteiger partial charge is 0.253 e. The number of ether oxygens (including phenoxy) is 1. The van der Waals surface area contributed by atoms with Gasteiger partial charge in [0.05, 0.1) is 6.61 Å². The number of nitrogens with zero attached hydrogens (tertiary/aromatic N) is 4. The SMILES string of the molecule is Nc1ccnc(N2CCCN(C(=O)c3ccc4c(c3)CCO4)CC2)n1. The van der Waals surface area contributed by atoms with Gasteiger partial charge in [0.1, 0.15) is 11.6 Å². The minimum Gasteiger partial charge on any atom is -0.493 e. The molecule has 25 heavy (non-hydrogen) atoms. The fourth-order valence-corrected chi connectivity index (χ4v) is 3.34. The first-order valence-electron chi connectivity index (χ1n) is 8.59. The van der Waals surface area contributed by atoms with Crippen molar-refractivity contribution in [1.29, 1.82) is 0 Å². The highest BCUT2D eigenvalue weighted by molar-refractivity contribution is 5.94. The van der Waals surface area contributed by atoms with Crippen LogP contribution in [0.25, 0.3) is 0 Å². The molecule has 3 heterocycles. The largest absolute Gasteiger partial charge is 0.493 e. The van der Waals surface area contributed by atoms with Gasteiger partial charge in [-0.1, -0.05) is 0 Å². The van der Waals surface area contributed by atoms with E-state index in [-0.39, 0.29) is 5.91 Å². The van der Waals surface area contributed by atoms with Crippen molar-refractivity contribution in [3.8, 4) is 5.75 Å². The number of hydrogen-bond acceptors (Lipinski definition) is 6. The Labute approximate surface area is 146 Å². The third-order valence-corrected chi connectivity index (χ3v) is 4.67. The molecule has 0 saturated carbocycles. The summed E-state index contributed by atoms with van der Waals surface area (Å²) in [6, 6.07) is 7.40. The minimum absolute atomic E-state index is 0.0741. The normalized spacial score (nSPS) is 17.0. The second kappa shape index (κ2) is 6.58. The van der Waals surface area contributed by atoms with Gasteiger partial charge >= 0.3 is 0 Å². The lowest BCUT2D eigenvalue weighted by atomic mass is 10.1. The van der Waals surface area contributed by atoms with Crippen molar-refractivity contribution in [2.75, 3.05) is 43.4 Å². The first kappa shape index (κ1) is 15.7. The number of anilines is 2. The fourth-order valence-electron chi connectivity index (χ4n) is 3.34. The van der Waals surface area contributed by atoms with Crippen LogP contribution >= 0.6 is 0 Å². The summed E-state index contributed by atoms with van der Waals surface area (Å²) < 4.78 is 5.52. The van der Waals surface area contributed by atoms with E-state index in [1.54, 1.807) is 12.3 Å². The molecule has 1 fully saturated rings. The fraction of sp³-hybridized carbons (Fsp3) is 0.389. The van der Waals surface area contributed by atoms with Gasteiger partial charge in [-0.15, -0.1) is 0 Å². The van der Waals surface area contributed by atoms with Gasteiger partial charge < -0.3 is 20.3 Å². The number of amides is 1. The van der Waals surface area contributed by atoms with Crippen molar-refractivity contribution in [2.24, 2.45) is 0 Å². The zero-order chi connectivity index (χ0) is 17.2. The summed E-state index contributed by atoms with van der Waals surface area (Å²) in [5.74, 6) is 2.06. The molecule has 4 rings (SSSR count). The molecule has 1 aromatic heterocycles. The molecule has 0 radical (unpaired) electrons. The van der Waals surface area contributed by atoms with E-state index in [4.69, 9.17) is 10.5 Å². The Morgan fingerprint density at radius 1 is 1.16 bits per heavy atom. The standard InChI is InChI=1S/C18H21N5O2/c19-16-4-6-20-18(21-16)23-8-1-7-22(9-10-23)17(24)14-2-3-15-13(12-14)5-11-25-15/h2-4,6,12H,1,5,7-11H2,(H2,19,20,21). The number of benzene rings is 1. The second-order valence-corrected chi connectivity index (χ2v) is 6.34. The summed E-state index contributed by atoms with van der Waals surface area (Å²) in [4.78, 5) is 25.4. The molecule has 1 amide bonds. The number of carbonyl (C=O) groups excluding carboxylic acids is 1. The van der Waals surface area contributed by atoms with Crippen LogP contribution in [0.15, 0.2) is 30.5 Å². The molecule has 2 aliphatic heterocycles. The maximum absolute atomic E-state index is 12.9. The average Bonchev–Trinajstić information content (AvgIpc) is 2.95. The van der Waals surface area contributed by atoms with Gasteiger partial charge in [-0.05, 0) is 36.2 Å². The number of nitrogen functional groups attached to an aromatic ring is 1. The predicted octanol–water partition coefficient (Wildman–Crippen LogP) is 1.35. The van der Waals surface area contributed by atoms with E-state index in [2.05, 4.69) is 14.9 Å². The molecule has 1 aromatic carbocycles. The Morgan fingerprint density at radius 2 is 2.08 bits per heavy atom. The summed E-state index contributed by atoms with van der Waals surface area (Å²) >= 11 is 0. The molecule has 0 aliphatic carbocycles. The van der Waals surface area contributed by atoms with Crippen LogP contribution in [0.2, 0.25) is 0 Å². The Bertz CT molecular complexity index is 795. The van der Waals surface area contributed by atoms with Gasteiger partial charge in [0.15, 0.2) is 0 Å². The van der Waals surface area contributed by atoms with Gasteiger partial charge in [0.25, 0.3) is 5.91 Å². The zero-order valence-corrected chi connectivity index (χ0v) is 14.0. The van der Waals surface area contributed by atoms with Gasteiger partial charge in [0.2, 0.25) is 5.95 Å². The van der Waals surface area contributed by atoms with Crippen molar-refractivity contribution in [3.63, 3.8) is 0 Å². The Kier molecular flexibility index (Phi) is 4.13. The molecule has 7 nitrogen and oxygen atoms in total. The molecule has 130 valence electrons. The van der Waals surface area contributed by atoms with Crippen LogP contribution in [0.5, 0.6) is 5.75 Å². The summed E-state index contributed by atoms with van der Waals surface area (Å²) in [5.41, 5.74) is 7.60. The Balaban J connectivity index is 1.46. The van der Waals surface area contributed by atoms with Crippen LogP contribution in [-0.4, -0.2) is 53.6 Å². The van der Waals surface area contributed by atoms with Crippen LogP contribution in [-0.2, 0) is 6.42 Å². The number of aromatic nitrogens is 2. The number of carbonyl (C=O) groups is 1. The van der Waals surface area contributed by atoms with E-state index >= 15 is 0 Å². The van der Waals surface area contributed by atoms with Crippen LogP contribution in [0.4, 0.5) is 11.8 Å². The summed E-state index contributed by atoms with van der Waals surface area (Å²) in [6.45, 7) is 3.58. The van der Waals surface area contributed by atoms with Gasteiger partial charge in [-0.3, -0.25) is 4.79 Å². The first-order chi connectivity index (χ1) is 12.2. The van der Waals surface area contributed by atoms with E-state index < -0.39 is 0 Å². The van der Waals surface area contributed by atoms with Crippen molar-refractivity contribution in [2.45, 2.75) is 12.8 Å². The number of rotatable bonds is 2. The summed E-state index contributed by atoms with van der Waals surface area (Å²) in [7, 11) is 0. The maximum atomic E-state index is 12.9. The summed E-state index contributed by atoms with van der Waals surface area (Å²) in [5, 5.41) is 0. The van der Waals surface area contributed by atoms with E-state index in [0.717, 1.165) is 42.8 Å². The third-order valence-electron chi connectivity index (χ3n) is 4.67. The summed E-state index contributed by atoms with van der Waals surface area (Å²) in [6.07, 6.45) is 3.41. The van der Waals surface area contributed by atoms with Gasteiger partial charge in [-0.2, -0.15) is 4.98 Å². The molecule has 0 spiro atoms. The van der Waals surface area contributed by atoms with Gasteiger partial charge in [0, 0.05) is 44.4 Å². The van der Waals surface area contributed by atoms with Crippen LogP contribution < -0.4 is 15.4 Å². The third kappa shape index (κ3) is 3.22. The highest BCUT2D eigenvalue weighted by atomic mass is 16.5. The van der Waals surface area contributed by atoms with Crippen molar-refractivity contribution < 1.29 is 9.53 Å². The predicted molar refractivity (Wildman–Crippen MR) is 94.8 cm³/mol. The molecule has 2 aromatic rings. The lowest BCUT2D eigenvalue weighted by Gasteiger charge is -2.22.